The SMILES string of the molecule is Cn1c(N2CCOCC2)nc2c(I)cc(Br)cc2c1=O. The van der Waals surface area contributed by atoms with Gasteiger partial charge in [-0.3, -0.25) is 9.36 Å². The van der Waals surface area contributed by atoms with Gasteiger partial charge in [0.1, 0.15) is 0 Å². The number of halogens is 2. The number of morpholine rings is 1. The maximum Gasteiger partial charge on any atom is 0.262 e. The number of ether oxygens (including phenoxy) is 1. The number of rotatable bonds is 1. The molecule has 0 amide bonds. The highest BCUT2D eigenvalue weighted by atomic mass is 127. The zero-order valence-electron chi connectivity index (χ0n) is 10.9. The summed E-state index contributed by atoms with van der Waals surface area (Å²) >= 11 is 5.65. The minimum Gasteiger partial charge on any atom is -0.378 e. The minimum absolute atomic E-state index is 0.0179. The first-order valence-corrected chi connectivity index (χ1v) is 8.13. The monoisotopic (exact) mass is 449 g/mol. The van der Waals surface area contributed by atoms with E-state index in [1.165, 1.54) is 0 Å². The fourth-order valence-electron chi connectivity index (χ4n) is 2.34. The molecule has 7 heteroatoms. The summed E-state index contributed by atoms with van der Waals surface area (Å²) in [6, 6.07) is 3.80. The average molecular weight is 450 g/mol. The van der Waals surface area contributed by atoms with E-state index in [1.807, 2.05) is 12.1 Å². The zero-order valence-corrected chi connectivity index (χ0v) is 14.6. The van der Waals surface area contributed by atoms with Gasteiger partial charge in [-0.15, -0.1) is 0 Å². The van der Waals surface area contributed by atoms with Gasteiger partial charge in [0, 0.05) is 28.2 Å². The maximum atomic E-state index is 12.5. The zero-order chi connectivity index (χ0) is 14.3. The largest absolute Gasteiger partial charge is 0.378 e. The van der Waals surface area contributed by atoms with E-state index in [0.717, 1.165) is 26.6 Å². The summed E-state index contributed by atoms with van der Waals surface area (Å²) in [5, 5.41) is 0.642. The molecule has 0 atom stereocenters. The Labute approximate surface area is 138 Å². The molecule has 0 radical (unpaired) electrons. The Morgan fingerprint density at radius 1 is 1.35 bits per heavy atom. The van der Waals surface area contributed by atoms with Gasteiger partial charge in [-0.1, -0.05) is 15.9 Å². The van der Waals surface area contributed by atoms with Crippen LogP contribution in [-0.2, 0) is 11.8 Å². The second-order valence-electron chi connectivity index (χ2n) is 4.66. The quantitative estimate of drug-likeness (QED) is 0.626. The molecule has 3 rings (SSSR count). The lowest BCUT2D eigenvalue weighted by molar-refractivity contribution is 0.121. The molecule has 0 saturated carbocycles. The number of aromatic nitrogens is 2. The van der Waals surface area contributed by atoms with E-state index >= 15 is 0 Å². The second kappa shape index (κ2) is 5.61. The molecule has 20 heavy (non-hydrogen) atoms. The Kier molecular flexibility index (Phi) is 4.00. The third-order valence-corrected chi connectivity index (χ3v) is 4.65. The van der Waals surface area contributed by atoms with Crippen molar-refractivity contribution in [1.29, 1.82) is 0 Å². The highest BCUT2D eigenvalue weighted by Gasteiger charge is 2.18. The van der Waals surface area contributed by atoms with Gasteiger partial charge < -0.3 is 9.64 Å². The molecule has 1 aromatic heterocycles. The highest BCUT2D eigenvalue weighted by molar-refractivity contribution is 14.1. The van der Waals surface area contributed by atoms with Crippen LogP contribution in [0.1, 0.15) is 0 Å². The number of nitrogens with zero attached hydrogens (tertiary/aromatic N) is 3. The van der Waals surface area contributed by atoms with Crippen molar-refractivity contribution in [2.24, 2.45) is 7.05 Å². The van der Waals surface area contributed by atoms with Gasteiger partial charge in [-0.05, 0) is 34.7 Å². The van der Waals surface area contributed by atoms with Gasteiger partial charge in [0.25, 0.3) is 5.56 Å². The van der Waals surface area contributed by atoms with Crippen LogP contribution in [0.3, 0.4) is 0 Å². The molecule has 106 valence electrons. The van der Waals surface area contributed by atoms with E-state index < -0.39 is 0 Å². The molecule has 0 unspecified atom stereocenters. The first-order chi connectivity index (χ1) is 9.58. The van der Waals surface area contributed by atoms with Crippen molar-refractivity contribution >= 4 is 55.4 Å². The molecule has 1 aliphatic rings. The van der Waals surface area contributed by atoms with E-state index in [9.17, 15) is 4.79 Å². The predicted octanol–water partition coefficient (Wildman–Crippen LogP) is 2.14. The lowest BCUT2D eigenvalue weighted by Gasteiger charge is -2.29. The van der Waals surface area contributed by atoms with Gasteiger partial charge in [0.15, 0.2) is 0 Å². The summed E-state index contributed by atoms with van der Waals surface area (Å²) in [5.41, 5.74) is 0.745. The number of benzene rings is 1. The molecule has 0 spiro atoms. The van der Waals surface area contributed by atoms with Crippen molar-refractivity contribution in [3.05, 3.63) is 30.5 Å². The Bertz CT molecular complexity index is 726. The topological polar surface area (TPSA) is 47.4 Å². The third-order valence-electron chi connectivity index (χ3n) is 3.37. The van der Waals surface area contributed by atoms with Crippen molar-refractivity contribution in [2.75, 3.05) is 31.2 Å². The maximum absolute atomic E-state index is 12.5. The van der Waals surface area contributed by atoms with Crippen LogP contribution in [0, 0.1) is 3.57 Å². The first kappa shape index (κ1) is 14.3. The number of hydrogen-bond acceptors (Lipinski definition) is 4. The summed E-state index contributed by atoms with van der Waals surface area (Å²) in [5.74, 6) is 0.714. The predicted molar refractivity (Wildman–Crippen MR) is 90.4 cm³/mol. The summed E-state index contributed by atoms with van der Waals surface area (Å²) in [4.78, 5) is 19.3. The second-order valence-corrected chi connectivity index (χ2v) is 6.74. The summed E-state index contributed by atoms with van der Waals surface area (Å²) in [6.45, 7) is 2.87. The Balaban J connectivity index is 2.24. The van der Waals surface area contributed by atoms with Crippen LogP contribution in [0.15, 0.2) is 21.4 Å². The molecule has 2 heterocycles. The average Bonchev–Trinajstić information content (AvgIpc) is 2.44. The van der Waals surface area contributed by atoms with Crippen LogP contribution in [0.4, 0.5) is 5.95 Å². The molecular weight excluding hydrogens is 437 g/mol. The van der Waals surface area contributed by atoms with E-state index in [1.54, 1.807) is 11.6 Å². The molecule has 1 aromatic carbocycles. The third kappa shape index (κ3) is 2.46. The minimum atomic E-state index is -0.0179. The molecule has 1 fully saturated rings. The molecule has 0 bridgehead atoms. The van der Waals surface area contributed by atoms with Crippen LogP contribution >= 0.6 is 38.5 Å². The Hall–Kier alpha value is -0.670. The fraction of sp³-hybridized carbons (Fsp3) is 0.385. The van der Waals surface area contributed by atoms with Crippen molar-refractivity contribution in [3.63, 3.8) is 0 Å². The molecule has 5 nitrogen and oxygen atoms in total. The van der Waals surface area contributed by atoms with Gasteiger partial charge >= 0.3 is 0 Å². The molecule has 0 N–H and O–H groups in total. The molecule has 2 aromatic rings. The lowest BCUT2D eigenvalue weighted by atomic mass is 10.2. The van der Waals surface area contributed by atoms with Gasteiger partial charge in [-0.25, -0.2) is 4.98 Å². The van der Waals surface area contributed by atoms with Crippen molar-refractivity contribution in [2.45, 2.75) is 0 Å². The van der Waals surface area contributed by atoms with Gasteiger partial charge in [0.2, 0.25) is 5.95 Å². The normalized spacial score (nSPS) is 15.8. The summed E-state index contributed by atoms with van der Waals surface area (Å²) in [6.07, 6.45) is 0. The van der Waals surface area contributed by atoms with Crippen LogP contribution in [-0.4, -0.2) is 35.9 Å². The smallest absolute Gasteiger partial charge is 0.262 e. The van der Waals surface area contributed by atoms with Crippen molar-refractivity contribution < 1.29 is 4.74 Å². The summed E-state index contributed by atoms with van der Waals surface area (Å²) in [7, 11) is 1.77. The summed E-state index contributed by atoms with van der Waals surface area (Å²) < 4.78 is 8.84. The van der Waals surface area contributed by atoms with Crippen LogP contribution in [0.25, 0.3) is 10.9 Å². The van der Waals surface area contributed by atoms with E-state index in [-0.39, 0.29) is 5.56 Å². The Morgan fingerprint density at radius 2 is 2.05 bits per heavy atom. The van der Waals surface area contributed by atoms with Crippen LogP contribution in [0.2, 0.25) is 0 Å². The lowest BCUT2D eigenvalue weighted by Crippen LogP contribution is -2.40. The van der Waals surface area contributed by atoms with Gasteiger partial charge in [0.05, 0.1) is 24.1 Å². The standard InChI is InChI=1S/C13H13BrIN3O2/c1-17-12(19)9-6-8(14)7-10(15)11(9)16-13(17)18-2-4-20-5-3-18/h6-7H,2-5H2,1H3. The van der Waals surface area contributed by atoms with Crippen molar-refractivity contribution in [3.8, 4) is 0 Å². The number of anilines is 1. The highest BCUT2D eigenvalue weighted by Crippen LogP contribution is 2.24. The number of fused-ring (bicyclic) bond motifs is 1. The Morgan fingerprint density at radius 3 is 2.75 bits per heavy atom. The van der Waals surface area contributed by atoms with E-state index in [0.29, 0.717) is 24.5 Å². The van der Waals surface area contributed by atoms with E-state index in [4.69, 9.17) is 9.72 Å². The first-order valence-electron chi connectivity index (χ1n) is 6.26. The van der Waals surface area contributed by atoms with Crippen LogP contribution in [0.5, 0.6) is 0 Å². The molecule has 1 aliphatic heterocycles. The van der Waals surface area contributed by atoms with Gasteiger partial charge in [-0.2, -0.15) is 0 Å². The molecule has 1 saturated heterocycles. The molecule has 0 aliphatic carbocycles. The van der Waals surface area contributed by atoms with Crippen LogP contribution < -0.4 is 10.5 Å². The number of hydrogen-bond donors (Lipinski definition) is 0. The van der Waals surface area contributed by atoms with E-state index in [2.05, 4.69) is 43.4 Å². The van der Waals surface area contributed by atoms with Crippen molar-refractivity contribution in [1.82, 2.24) is 9.55 Å². The molecular formula is C13H13BrIN3O2. The fourth-order valence-corrected chi connectivity index (χ4v) is 3.97.